The molecule has 17 heavy (non-hydrogen) atoms. The Morgan fingerprint density at radius 3 is 2.82 bits per heavy atom. The number of rotatable bonds is 3. The molecule has 0 saturated carbocycles. The average molecular weight is 299 g/mol. The van der Waals surface area contributed by atoms with E-state index in [4.69, 9.17) is 5.73 Å². The zero-order chi connectivity index (χ0) is 12.3. The summed E-state index contributed by atoms with van der Waals surface area (Å²) < 4.78 is 0.918. The van der Waals surface area contributed by atoms with Gasteiger partial charge in [0.05, 0.1) is 5.69 Å². The second-order valence-corrected chi connectivity index (χ2v) is 5.36. The minimum Gasteiger partial charge on any atom is -0.396 e. The molecule has 0 aromatic carbocycles. The summed E-state index contributed by atoms with van der Waals surface area (Å²) in [5, 5.41) is 3.44. The first-order chi connectivity index (χ1) is 8.19. The molecule has 2 rings (SSSR count). The topological polar surface area (TPSA) is 54.2 Å². The molecule has 2 heterocycles. The van der Waals surface area contributed by atoms with Gasteiger partial charge in [0.25, 0.3) is 0 Å². The van der Waals surface area contributed by atoms with Crippen LogP contribution in [0.4, 0.5) is 11.5 Å². The van der Waals surface area contributed by atoms with Crippen molar-refractivity contribution in [1.82, 2.24) is 9.88 Å². The van der Waals surface area contributed by atoms with Crippen LogP contribution in [0.5, 0.6) is 0 Å². The lowest BCUT2D eigenvalue weighted by atomic mass is 10.1. The van der Waals surface area contributed by atoms with E-state index >= 15 is 0 Å². The number of halogens is 1. The van der Waals surface area contributed by atoms with E-state index in [0.29, 0.717) is 11.7 Å². The van der Waals surface area contributed by atoms with E-state index in [2.05, 4.69) is 38.1 Å². The number of nitrogen functional groups attached to an aromatic ring is 1. The normalized spacial score (nSPS) is 18.2. The molecule has 0 spiro atoms. The Morgan fingerprint density at radius 2 is 2.24 bits per heavy atom. The summed E-state index contributed by atoms with van der Waals surface area (Å²) in [7, 11) is 0. The van der Waals surface area contributed by atoms with E-state index < -0.39 is 0 Å². The molecule has 0 radical (unpaired) electrons. The standard InChI is InChI=1S/C12H19BrN4/c1-2-17-5-3-10(4-6-17)16-12-11(14)7-9(13)8-15-12/h7-8,10H,2-6,14H2,1H3,(H,15,16). The van der Waals surface area contributed by atoms with Crippen LogP contribution >= 0.6 is 15.9 Å². The summed E-state index contributed by atoms with van der Waals surface area (Å²) in [4.78, 5) is 6.78. The van der Waals surface area contributed by atoms with Crippen molar-refractivity contribution in [3.63, 3.8) is 0 Å². The summed E-state index contributed by atoms with van der Waals surface area (Å²) in [6, 6.07) is 2.38. The Bertz CT molecular complexity index is 375. The van der Waals surface area contributed by atoms with Gasteiger partial charge in [0.2, 0.25) is 0 Å². The smallest absolute Gasteiger partial charge is 0.149 e. The molecule has 94 valence electrons. The highest BCUT2D eigenvalue weighted by atomic mass is 79.9. The van der Waals surface area contributed by atoms with Gasteiger partial charge in [-0.1, -0.05) is 6.92 Å². The van der Waals surface area contributed by atoms with E-state index in [-0.39, 0.29) is 0 Å². The van der Waals surface area contributed by atoms with E-state index in [0.717, 1.165) is 42.8 Å². The average Bonchev–Trinajstić information content (AvgIpc) is 2.34. The van der Waals surface area contributed by atoms with E-state index in [1.165, 1.54) is 0 Å². The maximum Gasteiger partial charge on any atom is 0.149 e. The van der Waals surface area contributed by atoms with Gasteiger partial charge in [-0.05, 0) is 41.4 Å². The van der Waals surface area contributed by atoms with Gasteiger partial charge in [0.1, 0.15) is 5.82 Å². The highest BCUT2D eigenvalue weighted by Crippen LogP contribution is 2.22. The lowest BCUT2D eigenvalue weighted by molar-refractivity contribution is 0.229. The Labute approximate surface area is 111 Å². The van der Waals surface area contributed by atoms with Gasteiger partial charge in [-0.15, -0.1) is 0 Å². The maximum atomic E-state index is 5.93. The van der Waals surface area contributed by atoms with E-state index in [9.17, 15) is 0 Å². The molecule has 5 heteroatoms. The van der Waals surface area contributed by atoms with Crippen molar-refractivity contribution in [1.29, 1.82) is 0 Å². The number of piperidine rings is 1. The van der Waals surface area contributed by atoms with Crippen molar-refractivity contribution < 1.29 is 0 Å². The fourth-order valence-electron chi connectivity index (χ4n) is 2.16. The van der Waals surface area contributed by atoms with E-state index in [1.54, 1.807) is 6.20 Å². The molecule has 0 atom stereocenters. The first kappa shape index (κ1) is 12.6. The van der Waals surface area contributed by atoms with Crippen molar-refractivity contribution in [3.8, 4) is 0 Å². The number of hydrogen-bond acceptors (Lipinski definition) is 4. The van der Waals surface area contributed by atoms with Crippen molar-refractivity contribution in [3.05, 3.63) is 16.7 Å². The second kappa shape index (κ2) is 5.69. The highest BCUT2D eigenvalue weighted by molar-refractivity contribution is 9.10. The summed E-state index contributed by atoms with van der Waals surface area (Å²) in [6.07, 6.45) is 4.09. The number of aromatic nitrogens is 1. The quantitative estimate of drug-likeness (QED) is 0.899. The minimum absolute atomic E-state index is 0.494. The first-order valence-corrected chi connectivity index (χ1v) is 6.88. The largest absolute Gasteiger partial charge is 0.396 e. The number of likely N-dealkylation sites (tertiary alicyclic amines) is 1. The van der Waals surface area contributed by atoms with Gasteiger partial charge in [-0.25, -0.2) is 4.98 Å². The second-order valence-electron chi connectivity index (χ2n) is 4.44. The molecule has 3 N–H and O–H groups in total. The molecule has 1 fully saturated rings. The SMILES string of the molecule is CCN1CCC(Nc2ncc(Br)cc2N)CC1. The summed E-state index contributed by atoms with van der Waals surface area (Å²) in [6.45, 7) is 5.67. The zero-order valence-corrected chi connectivity index (χ0v) is 11.7. The van der Waals surface area contributed by atoms with Gasteiger partial charge >= 0.3 is 0 Å². The molecule has 1 aliphatic rings. The fourth-order valence-corrected chi connectivity index (χ4v) is 2.51. The van der Waals surface area contributed by atoms with Gasteiger partial charge in [0, 0.05) is 29.8 Å². The Morgan fingerprint density at radius 1 is 1.53 bits per heavy atom. The van der Waals surface area contributed by atoms with Crippen LogP contribution < -0.4 is 11.1 Å². The molecule has 0 amide bonds. The molecule has 1 aromatic rings. The van der Waals surface area contributed by atoms with Crippen LogP contribution in [0, 0.1) is 0 Å². The Kier molecular flexibility index (Phi) is 4.23. The lowest BCUT2D eigenvalue weighted by Crippen LogP contribution is -2.39. The van der Waals surface area contributed by atoms with Gasteiger partial charge in [0.15, 0.2) is 0 Å². The molecule has 4 nitrogen and oxygen atoms in total. The van der Waals surface area contributed by atoms with Gasteiger partial charge < -0.3 is 16.0 Å². The third-order valence-electron chi connectivity index (χ3n) is 3.26. The lowest BCUT2D eigenvalue weighted by Gasteiger charge is -2.31. The monoisotopic (exact) mass is 298 g/mol. The van der Waals surface area contributed by atoms with E-state index in [1.807, 2.05) is 6.07 Å². The van der Waals surface area contributed by atoms with Crippen LogP contribution in [0.15, 0.2) is 16.7 Å². The molecular weight excluding hydrogens is 280 g/mol. The molecule has 0 bridgehead atoms. The molecule has 0 aliphatic carbocycles. The highest BCUT2D eigenvalue weighted by Gasteiger charge is 2.18. The summed E-state index contributed by atoms with van der Waals surface area (Å²) in [5.74, 6) is 0.808. The number of hydrogen-bond donors (Lipinski definition) is 2. The summed E-state index contributed by atoms with van der Waals surface area (Å²) >= 11 is 3.36. The van der Waals surface area contributed by atoms with Crippen molar-refractivity contribution >= 4 is 27.4 Å². The van der Waals surface area contributed by atoms with Crippen LogP contribution in [0.2, 0.25) is 0 Å². The zero-order valence-electron chi connectivity index (χ0n) is 10.1. The summed E-state index contributed by atoms with van der Waals surface area (Å²) in [5.41, 5.74) is 6.63. The molecular formula is C12H19BrN4. The van der Waals surface area contributed by atoms with Gasteiger partial charge in [-0.2, -0.15) is 0 Å². The van der Waals surface area contributed by atoms with Crippen LogP contribution in [-0.2, 0) is 0 Å². The van der Waals surface area contributed by atoms with Crippen molar-refractivity contribution in [2.45, 2.75) is 25.8 Å². The predicted molar refractivity (Wildman–Crippen MR) is 75.1 cm³/mol. The first-order valence-electron chi connectivity index (χ1n) is 6.09. The minimum atomic E-state index is 0.494. The van der Waals surface area contributed by atoms with Crippen LogP contribution in [-0.4, -0.2) is 35.6 Å². The number of nitrogens with one attached hydrogen (secondary N) is 1. The number of nitrogens with two attached hydrogens (primary N) is 1. The molecule has 1 saturated heterocycles. The third-order valence-corrected chi connectivity index (χ3v) is 3.69. The predicted octanol–water partition coefficient (Wildman–Crippen LogP) is 2.32. The molecule has 1 aliphatic heterocycles. The van der Waals surface area contributed by atoms with Gasteiger partial charge in [-0.3, -0.25) is 0 Å². The van der Waals surface area contributed by atoms with Crippen LogP contribution in [0.3, 0.4) is 0 Å². The number of anilines is 2. The Balaban J connectivity index is 1.93. The third kappa shape index (κ3) is 3.33. The number of pyridine rings is 1. The molecule has 1 aromatic heterocycles. The van der Waals surface area contributed by atoms with Crippen LogP contribution in [0.25, 0.3) is 0 Å². The van der Waals surface area contributed by atoms with Crippen LogP contribution in [0.1, 0.15) is 19.8 Å². The van der Waals surface area contributed by atoms with Crippen molar-refractivity contribution in [2.24, 2.45) is 0 Å². The Hall–Kier alpha value is -0.810. The molecule has 0 unspecified atom stereocenters. The fraction of sp³-hybridized carbons (Fsp3) is 0.583. The maximum absolute atomic E-state index is 5.93. The number of nitrogens with zero attached hydrogens (tertiary/aromatic N) is 2. The van der Waals surface area contributed by atoms with Crippen molar-refractivity contribution in [2.75, 3.05) is 30.7 Å².